The zero-order chi connectivity index (χ0) is 10.7. The van der Waals surface area contributed by atoms with Gasteiger partial charge in [-0.2, -0.15) is 0 Å². The van der Waals surface area contributed by atoms with Crippen LogP contribution in [0, 0.1) is 0 Å². The van der Waals surface area contributed by atoms with Crippen molar-refractivity contribution in [3.8, 4) is 11.5 Å². The molecule has 1 fully saturated rings. The van der Waals surface area contributed by atoms with Crippen LogP contribution in [0.4, 0.5) is 5.69 Å². The Hall–Kier alpha value is -1.38. The van der Waals surface area contributed by atoms with Gasteiger partial charge < -0.3 is 15.6 Å². The first-order valence-electron chi connectivity index (χ1n) is 5.51. The van der Waals surface area contributed by atoms with Crippen molar-refractivity contribution in [2.75, 3.05) is 5.73 Å². The van der Waals surface area contributed by atoms with E-state index in [9.17, 15) is 5.11 Å². The van der Waals surface area contributed by atoms with E-state index in [2.05, 4.69) is 0 Å². The molecule has 0 spiro atoms. The maximum absolute atomic E-state index is 9.33. The second-order valence-corrected chi connectivity index (χ2v) is 4.10. The molecule has 1 aliphatic carbocycles. The summed E-state index contributed by atoms with van der Waals surface area (Å²) in [6.07, 6.45) is 6.20. The van der Waals surface area contributed by atoms with E-state index in [0.29, 0.717) is 11.4 Å². The largest absolute Gasteiger partial charge is 0.508 e. The van der Waals surface area contributed by atoms with E-state index in [1.54, 1.807) is 18.2 Å². The van der Waals surface area contributed by atoms with Gasteiger partial charge in [0.15, 0.2) is 0 Å². The predicted octanol–water partition coefficient (Wildman–Crippen LogP) is 2.69. The molecule has 1 aromatic carbocycles. The Morgan fingerprint density at radius 1 is 1.20 bits per heavy atom. The number of nitrogens with two attached hydrogens (primary N) is 1. The molecule has 3 heteroatoms. The molecule has 2 rings (SSSR count). The number of ether oxygens (including phenoxy) is 1. The molecule has 0 radical (unpaired) electrons. The van der Waals surface area contributed by atoms with Crippen molar-refractivity contribution in [3.63, 3.8) is 0 Å². The highest BCUT2D eigenvalue weighted by Gasteiger charge is 2.16. The third-order valence-corrected chi connectivity index (χ3v) is 2.84. The molecule has 0 atom stereocenters. The van der Waals surface area contributed by atoms with Gasteiger partial charge in [-0.15, -0.1) is 0 Å². The highest BCUT2D eigenvalue weighted by atomic mass is 16.5. The van der Waals surface area contributed by atoms with E-state index >= 15 is 0 Å². The number of aromatic hydroxyl groups is 1. The minimum Gasteiger partial charge on any atom is -0.508 e. The monoisotopic (exact) mass is 207 g/mol. The van der Waals surface area contributed by atoms with Crippen molar-refractivity contribution < 1.29 is 9.84 Å². The Morgan fingerprint density at radius 3 is 2.67 bits per heavy atom. The van der Waals surface area contributed by atoms with Gasteiger partial charge in [0.1, 0.15) is 11.5 Å². The normalized spacial score (nSPS) is 17.6. The zero-order valence-electron chi connectivity index (χ0n) is 8.78. The molecule has 1 aliphatic rings. The van der Waals surface area contributed by atoms with E-state index in [4.69, 9.17) is 10.5 Å². The van der Waals surface area contributed by atoms with Crippen molar-refractivity contribution in [2.24, 2.45) is 0 Å². The summed E-state index contributed by atoms with van der Waals surface area (Å²) in [7, 11) is 0. The molecule has 15 heavy (non-hydrogen) atoms. The van der Waals surface area contributed by atoms with Gasteiger partial charge in [-0.25, -0.2) is 0 Å². The average molecular weight is 207 g/mol. The molecule has 0 saturated heterocycles. The SMILES string of the molecule is Nc1ccc(O)cc1OC1CCCCC1. The fraction of sp³-hybridized carbons (Fsp3) is 0.500. The van der Waals surface area contributed by atoms with Crippen LogP contribution in [-0.2, 0) is 0 Å². The van der Waals surface area contributed by atoms with Gasteiger partial charge in [0, 0.05) is 6.07 Å². The van der Waals surface area contributed by atoms with Gasteiger partial charge >= 0.3 is 0 Å². The second kappa shape index (κ2) is 4.43. The van der Waals surface area contributed by atoms with Crippen molar-refractivity contribution in [3.05, 3.63) is 18.2 Å². The van der Waals surface area contributed by atoms with Crippen LogP contribution in [0.3, 0.4) is 0 Å². The summed E-state index contributed by atoms with van der Waals surface area (Å²) in [5.41, 5.74) is 6.37. The Bertz CT molecular complexity index is 332. The fourth-order valence-corrected chi connectivity index (χ4v) is 1.99. The number of phenols is 1. The standard InChI is InChI=1S/C12H17NO2/c13-11-7-6-9(14)8-12(11)15-10-4-2-1-3-5-10/h6-8,10,14H,1-5,13H2. The maximum Gasteiger partial charge on any atom is 0.146 e. The van der Waals surface area contributed by atoms with Gasteiger partial charge in [-0.1, -0.05) is 6.42 Å². The van der Waals surface area contributed by atoms with Crippen molar-refractivity contribution in [2.45, 2.75) is 38.2 Å². The van der Waals surface area contributed by atoms with Crippen molar-refractivity contribution >= 4 is 5.69 Å². The molecule has 0 amide bonds. The highest BCUT2D eigenvalue weighted by molar-refractivity contribution is 5.55. The predicted molar refractivity (Wildman–Crippen MR) is 60.0 cm³/mol. The summed E-state index contributed by atoms with van der Waals surface area (Å²) in [4.78, 5) is 0. The van der Waals surface area contributed by atoms with E-state index in [0.717, 1.165) is 12.8 Å². The molecular weight excluding hydrogens is 190 g/mol. The van der Waals surface area contributed by atoms with Crippen LogP contribution in [0.1, 0.15) is 32.1 Å². The fourth-order valence-electron chi connectivity index (χ4n) is 1.99. The van der Waals surface area contributed by atoms with Gasteiger partial charge in [-0.05, 0) is 37.8 Å². The third kappa shape index (κ3) is 2.55. The number of anilines is 1. The molecule has 1 aromatic rings. The summed E-state index contributed by atoms with van der Waals surface area (Å²) in [6, 6.07) is 4.83. The number of phenolic OH excluding ortho intramolecular Hbond substituents is 1. The minimum absolute atomic E-state index is 0.204. The van der Waals surface area contributed by atoms with Gasteiger partial charge in [0.2, 0.25) is 0 Å². The topological polar surface area (TPSA) is 55.5 Å². The van der Waals surface area contributed by atoms with Crippen LogP contribution in [0.5, 0.6) is 11.5 Å². The molecule has 0 bridgehead atoms. The average Bonchev–Trinajstić information content (AvgIpc) is 2.25. The maximum atomic E-state index is 9.33. The van der Waals surface area contributed by atoms with Crippen molar-refractivity contribution in [1.29, 1.82) is 0 Å². The lowest BCUT2D eigenvalue weighted by Crippen LogP contribution is -2.20. The van der Waals surface area contributed by atoms with Crippen LogP contribution < -0.4 is 10.5 Å². The summed E-state index contributed by atoms with van der Waals surface area (Å²) < 4.78 is 5.78. The summed E-state index contributed by atoms with van der Waals surface area (Å²) in [5.74, 6) is 0.817. The molecule has 82 valence electrons. The quantitative estimate of drug-likeness (QED) is 0.579. The molecule has 0 heterocycles. The smallest absolute Gasteiger partial charge is 0.146 e. The second-order valence-electron chi connectivity index (χ2n) is 4.10. The van der Waals surface area contributed by atoms with Crippen LogP contribution >= 0.6 is 0 Å². The summed E-state index contributed by atoms with van der Waals surface area (Å²) in [5, 5.41) is 9.33. The van der Waals surface area contributed by atoms with E-state index in [1.807, 2.05) is 0 Å². The molecule has 3 N–H and O–H groups in total. The Morgan fingerprint density at radius 2 is 1.93 bits per heavy atom. The molecular formula is C12H17NO2. The third-order valence-electron chi connectivity index (χ3n) is 2.84. The van der Waals surface area contributed by atoms with Crippen LogP contribution in [0.2, 0.25) is 0 Å². The summed E-state index contributed by atoms with van der Waals surface area (Å²) in [6.45, 7) is 0. The number of benzene rings is 1. The molecule has 0 unspecified atom stereocenters. The minimum atomic E-state index is 0.204. The molecule has 0 aliphatic heterocycles. The first-order valence-corrected chi connectivity index (χ1v) is 5.51. The number of hydrogen-bond acceptors (Lipinski definition) is 3. The van der Waals surface area contributed by atoms with Crippen LogP contribution in [-0.4, -0.2) is 11.2 Å². The van der Waals surface area contributed by atoms with Gasteiger partial charge in [0.25, 0.3) is 0 Å². The van der Waals surface area contributed by atoms with Gasteiger partial charge in [-0.3, -0.25) is 0 Å². The molecule has 3 nitrogen and oxygen atoms in total. The Balaban J connectivity index is 2.05. The van der Waals surface area contributed by atoms with E-state index in [1.165, 1.54) is 19.3 Å². The van der Waals surface area contributed by atoms with Gasteiger partial charge in [0.05, 0.1) is 11.8 Å². The highest BCUT2D eigenvalue weighted by Crippen LogP contribution is 2.30. The lowest BCUT2D eigenvalue weighted by molar-refractivity contribution is 0.155. The number of rotatable bonds is 2. The Kier molecular flexibility index (Phi) is 2.99. The Labute approximate surface area is 89.9 Å². The molecule has 1 saturated carbocycles. The molecule has 0 aromatic heterocycles. The zero-order valence-corrected chi connectivity index (χ0v) is 8.78. The van der Waals surface area contributed by atoms with E-state index < -0.39 is 0 Å². The van der Waals surface area contributed by atoms with Crippen molar-refractivity contribution in [1.82, 2.24) is 0 Å². The lowest BCUT2D eigenvalue weighted by atomic mass is 9.98. The first-order chi connectivity index (χ1) is 7.25. The lowest BCUT2D eigenvalue weighted by Gasteiger charge is -2.23. The first kappa shape index (κ1) is 10.1. The number of nitrogen functional groups attached to an aromatic ring is 1. The van der Waals surface area contributed by atoms with Crippen LogP contribution in [0.15, 0.2) is 18.2 Å². The van der Waals surface area contributed by atoms with E-state index in [-0.39, 0.29) is 11.9 Å². The van der Waals surface area contributed by atoms with Crippen LogP contribution in [0.25, 0.3) is 0 Å². The summed E-state index contributed by atoms with van der Waals surface area (Å²) >= 11 is 0. The number of hydrogen-bond donors (Lipinski definition) is 2.